The van der Waals surface area contributed by atoms with Gasteiger partial charge in [0.1, 0.15) is 0 Å². The molecule has 1 atom stereocenters. The van der Waals surface area contributed by atoms with Gasteiger partial charge in [0.05, 0.1) is 12.6 Å². The Morgan fingerprint density at radius 3 is 2.75 bits per heavy atom. The van der Waals surface area contributed by atoms with Crippen LogP contribution in [0.5, 0.6) is 0 Å². The number of hydrogen-bond donors (Lipinski definition) is 2. The molecule has 1 aliphatic heterocycles. The number of likely N-dealkylation sites (N-methyl/N-ethyl adjacent to an activating group) is 1. The van der Waals surface area contributed by atoms with Crippen molar-refractivity contribution in [3.8, 4) is 0 Å². The summed E-state index contributed by atoms with van der Waals surface area (Å²) in [6.45, 7) is 4.47. The van der Waals surface area contributed by atoms with Gasteiger partial charge in [-0.1, -0.05) is 15.9 Å². The van der Waals surface area contributed by atoms with Gasteiger partial charge in [0.25, 0.3) is 0 Å². The van der Waals surface area contributed by atoms with Gasteiger partial charge < -0.3 is 10.6 Å². The Bertz CT molecular complexity index is 665. The van der Waals surface area contributed by atoms with Gasteiger partial charge in [-0.3, -0.25) is 19.4 Å². The second kappa shape index (κ2) is 7.76. The lowest BCUT2D eigenvalue weighted by atomic mass is 10.2. The van der Waals surface area contributed by atoms with E-state index < -0.39 is 6.04 Å². The van der Waals surface area contributed by atoms with Crippen LogP contribution in [0.25, 0.3) is 0 Å². The largest absolute Gasteiger partial charge is 0.336 e. The van der Waals surface area contributed by atoms with Crippen LogP contribution in [0.15, 0.2) is 22.7 Å². The molecule has 1 aromatic carbocycles. The third-order valence-electron chi connectivity index (χ3n) is 4.00. The van der Waals surface area contributed by atoms with Crippen molar-refractivity contribution in [2.75, 3.05) is 32.0 Å². The molecule has 0 aromatic heterocycles. The number of carbonyl (C=O) groups excluding carboxylic acids is 3. The molecule has 1 saturated heterocycles. The molecule has 130 valence electrons. The highest BCUT2D eigenvalue weighted by atomic mass is 79.9. The smallest absolute Gasteiger partial charge is 0.324 e. The maximum absolute atomic E-state index is 12.3. The number of nitrogens with one attached hydrogen (secondary N) is 2. The molecule has 0 bridgehead atoms. The number of carbonyl (C=O) groups is 3. The van der Waals surface area contributed by atoms with E-state index >= 15 is 0 Å². The first kappa shape index (κ1) is 18.4. The van der Waals surface area contributed by atoms with E-state index in [1.54, 1.807) is 18.9 Å². The second-order valence-corrected chi connectivity index (χ2v) is 6.74. The standard InChI is InChI=1S/C16H21BrN4O3/c1-10-8-12(17)4-5-13(10)19-14(22)9-20(3)11(2)15(23)21-7-6-18-16(21)24/h4-5,8,11H,6-7,9H2,1-3H3,(H,18,24)(H,19,22)/t11-/m1/s1. The number of anilines is 1. The quantitative estimate of drug-likeness (QED) is 0.791. The number of nitrogens with zero attached hydrogens (tertiary/aromatic N) is 2. The van der Waals surface area contributed by atoms with E-state index in [0.717, 1.165) is 15.7 Å². The van der Waals surface area contributed by atoms with Crippen LogP contribution in [0.1, 0.15) is 12.5 Å². The maximum Gasteiger partial charge on any atom is 0.324 e. The highest BCUT2D eigenvalue weighted by Gasteiger charge is 2.31. The van der Waals surface area contributed by atoms with Crippen molar-refractivity contribution in [3.05, 3.63) is 28.2 Å². The van der Waals surface area contributed by atoms with Gasteiger partial charge in [-0.05, 0) is 44.7 Å². The van der Waals surface area contributed by atoms with Crippen molar-refractivity contribution in [1.29, 1.82) is 0 Å². The molecule has 8 heteroatoms. The summed E-state index contributed by atoms with van der Waals surface area (Å²) in [5.41, 5.74) is 1.67. The lowest BCUT2D eigenvalue weighted by Crippen LogP contribution is -2.48. The summed E-state index contributed by atoms with van der Waals surface area (Å²) in [4.78, 5) is 38.9. The minimum atomic E-state index is -0.564. The topological polar surface area (TPSA) is 81.8 Å². The van der Waals surface area contributed by atoms with Gasteiger partial charge in [0.2, 0.25) is 11.8 Å². The monoisotopic (exact) mass is 396 g/mol. The number of halogens is 1. The van der Waals surface area contributed by atoms with E-state index in [0.29, 0.717) is 13.1 Å². The maximum atomic E-state index is 12.3. The van der Waals surface area contributed by atoms with Crippen molar-refractivity contribution in [1.82, 2.24) is 15.1 Å². The third kappa shape index (κ3) is 4.33. The lowest BCUT2D eigenvalue weighted by Gasteiger charge is -2.26. The third-order valence-corrected chi connectivity index (χ3v) is 4.49. The van der Waals surface area contributed by atoms with Gasteiger partial charge >= 0.3 is 6.03 Å². The number of hydrogen-bond acceptors (Lipinski definition) is 4. The number of amides is 4. The normalized spacial score (nSPS) is 15.4. The highest BCUT2D eigenvalue weighted by Crippen LogP contribution is 2.20. The van der Waals surface area contributed by atoms with Crippen LogP contribution in [0.2, 0.25) is 0 Å². The first-order chi connectivity index (χ1) is 11.3. The van der Waals surface area contributed by atoms with Gasteiger partial charge in [-0.2, -0.15) is 0 Å². The zero-order valence-corrected chi connectivity index (χ0v) is 15.5. The van der Waals surface area contributed by atoms with Gasteiger partial charge in [0, 0.05) is 23.2 Å². The summed E-state index contributed by atoms with van der Waals surface area (Å²) in [5.74, 6) is -0.520. The summed E-state index contributed by atoms with van der Waals surface area (Å²) >= 11 is 3.38. The Hall–Kier alpha value is -1.93. The number of aryl methyl sites for hydroxylation is 1. The molecule has 7 nitrogen and oxygen atoms in total. The summed E-state index contributed by atoms with van der Waals surface area (Å²) in [5, 5.41) is 5.43. The lowest BCUT2D eigenvalue weighted by molar-refractivity contribution is -0.132. The zero-order valence-electron chi connectivity index (χ0n) is 13.9. The summed E-state index contributed by atoms with van der Waals surface area (Å²) in [6, 6.07) is 4.64. The first-order valence-corrected chi connectivity index (χ1v) is 8.44. The molecule has 2 rings (SSSR count). The molecule has 2 N–H and O–H groups in total. The van der Waals surface area contributed by atoms with E-state index in [2.05, 4.69) is 26.6 Å². The van der Waals surface area contributed by atoms with Crippen LogP contribution in [0, 0.1) is 6.92 Å². The van der Waals surface area contributed by atoms with Crippen molar-refractivity contribution in [2.24, 2.45) is 0 Å². The first-order valence-electron chi connectivity index (χ1n) is 7.65. The van der Waals surface area contributed by atoms with Gasteiger partial charge in [0.15, 0.2) is 0 Å². The van der Waals surface area contributed by atoms with Crippen LogP contribution >= 0.6 is 15.9 Å². The number of imide groups is 1. The summed E-state index contributed by atoms with van der Waals surface area (Å²) < 4.78 is 0.943. The fourth-order valence-corrected chi connectivity index (χ4v) is 2.89. The van der Waals surface area contributed by atoms with Crippen molar-refractivity contribution >= 4 is 39.5 Å². The second-order valence-electron chi connectivity index (χ2n) is 5.82. The van der Waals surface area contributed by atoms with Crippen molar-refractivity contribution in [2.45, 2.75) is 19.9 Å². The molecule has 24 heavy (non-hydrogen) atoms. The Morgan fingerprint density at radius 2 is 2.17 bits per heavy atom. The summed E-state index contributed by atoms with van der Waals surface area (Å²) in [6.07, 6.45) is 0. The minimum Gasteiger partial charge on any atom is -0.336 e. The van der Waals surface area contributed by atoms with Crippen LogP contribution in [-0.4, -0.2) is 60.4 Å². The van der Waals surface area contributed by atoms with Crippen molar-refractivity contribution in [3.63, 3.8) is 0 Å². The molecule has 1 aromatic rings. The molecule has 0 aliphatic carbocycles. The van der Waals surface area contributed by atoms with E-state index in [1.165, 1.54) is 4.90 Å². The fourth-order valence-electron chi connectivity index (χ4n) is 2.42. The molecule has 0 saturated carbocycles. The number of benzene rings is 1. The SMILES string of the molecule is Cc1cc(Br)ccc1NC(=O)CN(C)[C@H](C)C(=O)N1CCNC1=O. The fraction of sp³-hybridized carbons (Fsp3) is 0.438. The van der Waals surface area contributed by atoms with Crippen LogP contribution in [-0.2, 0) is 9.59 Å². The predicted octanol–water partition coefficient (Wildman–Crippen LogP) is 1.57. The number of rotatable bonds is 5. The number of urea groups is 1. The van der Waals surface area contributed by atoms with E-state index in [4.69, 9.17) is 0 Å². The van der Waals surface area contributed by atoms with Crippen LogP contribution in [0.4, 0.5) is 10.5 Å². The minimum absolute atomic E-state index is 0.0534. The Kier molecular flexibility index (Phi) is 5.95. The molecular weight excluding hydrogens is 376 g/mol. The van der Waals surface area contributed by atoms with Crippen LogP contribution in [0.3, 0.4) is 0 Å². The summed E-state index contributed by atoms with van der Waals surface area (Å²) in [7, 11) is 1.69. The average molecular weight is 397 g/mol. The van der Waals surface area contributed by atoms with Crippen LogP contribution < -0.4 is 10.6 Å². The highest BCUT2D eigenvalue weighted by molar-refractivity contribution is 9.10. The van der Waals surface area contributed by atoms with Gasteiger partial charge in [-0.25, -0.2) is 4.79 Å². The van der Waals surface area contributed by atoms with Gasteiger partial charge in [-0.15, -0.1) is 0 Å². The molecule has 0 unspecified atom stereocenters. The average Bonchev–Trinajstić information content (AvgIpc) is 2.94. The van der Waals surface area contributed by atoms with E-state index in [1.807, 2.05) is 25.1 Å². The molecule has 1 heterocycles. The molecule has 0 radical (unpaired) electrons. The molecular formula is C16H21BrN4O3. The van der Waals surface area contributed by atoms with E-state index in [-0.39, 0.29) is 24.4 Å². The molecule has 1 fully saturated rings. The molecule has 0 spiro atoms. The molecule has 1 aliphatic rings. The zero-order chi connectivity index (χ0) is 17.9. The predicted molar refractivity (Wildman–Crippen MR) is 94.7 cm³/mol. The van der Waals surface area contributed by atoms with Crippen molar-refractivity contribution < 1.29 is 14.4 Å². The Labute approximate surface area is 149 Å². The Morgan fingerprint density at radius 1 is 1.46 bits per heavy atom. The molecule has 4 amide bonds. The van der Waals surface area contributed by atoms with E-state index in [9.17, 15) is 14.4 Å². The Balaban J connectivity index is 1.92.